The van der Waals surface area contributed by atoms with Crippen molar-refractivity contribution in [2.24, 2.45) is 0 Å². The smallest absolute Gasteiger partial charge is 0.253 e. The van der Waals surface area contributed by atoms with Gasteiger partial charge in [-0.3, -0.25) is 4.79 Å². The van der Waals surface area contributed by atoms with Crippen LogP contribution < -0.4 is 9.64 Å². The summed E-state index contributed by atoms with van der Waals surface area (Å²) in [7, 11) is 1.68. The van der Waals surface area contributed by atoms with Gasteiger partial charge in [-0.1, -0.05) is 24.3 Å². The number of tetrazole rings is 1. The molecule has 0 aliphatic carbocycles. The number of anilines is 1. The van der Waals surface area contributed by atoms with E-state index in [1.165, 1.54) is 0 Å². The summed E-state index contributed by atoms with van der Waals surface area (Å²) in [5.74, 6) is 1.55. The molecule has 0 bridgehead atoms. The zero-order chi connectivity index (χ0) is 21.1. The predicted molar refractivity (Wildman–Crippen MR) is 115 cm³/mol. The molecule has 1 amide bonds. The summed E-state index contributed by atoms with van der Waals surface area (Å²) >= 11 is 0. The lowest BCUT2D eigenvalue weighted by Gasteiger charge is -2.36. The molecule has 30 heavy (non-hydrogen) atoms. The van der Waals surface area contributed by atoms with Crippen LogP contribution in [0.1, 0.15) is 30.2 Å². The first-order valence-electron chi connectivity index (χ1n) is 10.1. The molecule has 1 fully saturated rings. The number of ether oxygens (including phenoxy) is 1. The van der Waals surface area contributed by atoms with E-state index in [1.807, 2.05) is 61.2 Å². The van der Waals surface area contributed by atoms with Crippen LogP contribution in [0.15, 0.2) is 48.5 Å². The Morgan fingerprint density at radius 1 is 1.03 bits per heavy atom. The van der Waals surface area contributed by atoms with E-state index in [2.05, 4.69) is 26.5 Å². The molecule has 0 radical (unpaired) electrons. The number of hydrogen-bond acceptors (Lipinski definition) is 6. The second-order valence-electron chi connectivity index (χ2n) is 7.57. The zero-order valence-corrected chi connectivity index (χ0v) is 17.5. The van der Waals surface area contributed by atoms with Gasteiger partial charge in [-0.25, -0.2) is 4.68 Å². The Morgan fingerprint density at radius 3 is 2.53 bits per heavy atom. The van der Waals surface area contributed by atoms with Crippen molar-refractivity contribution >= 4 is 11.6 Å². The van der Waals surface area contributed by atoms with Crippen LogP contribution in [0, 0.1) is 0 Å². The topological polar surface area (TPSA) is 76.4 Å². The lowest BCUT2D eigenvalue weighted by Crippen LogP contribution is -2.48. The molecule has 2 heterocycles. The summed E-state index contributed by atoms with van der Waals surface area (Å²) in [6.07, 6.45) is 0. The van der Waals surface area contributed by atoms with Gasteiger partial charge in [0.1, 0.15) is 5.75 Å². The van der Waals surface area contributed by atoms with Gasteiger partial charge in [0.05, 0.1) is 18.8 Å². The van der Waals surface area contributed by atoms with Gasteiger partial charge in [0.25, 0.3) is 5.91 Å². The maximum Gasteiger partial charge on any atom is 0.253 e. The van der Waals surface area contributed by atoms with E-state index in [4.69, 9.17) is 4.74 Å². The van der Waals surface area contributed by atoms with Gasteiger partial charge < -0.3 is 14.5 Å². The number of rotatable bonds is 5. The first-order valence-corrected chi connectivity index (χ1v) is 10.1. The molecule has 0 saturated carbocycles. The molecule has 4 rings (SSSR count). The van der Waals surface area contributed by atoms with Crippen molar-refractivity contribution in [2.75, 3.05) is 38.2 Å². The first-order chi connectivity index (χ1) is 14.6. The zero-order valence-electron chi connectivity index (χ0n) is 17.5. The average Bonchev–Trinajstić information content (AvgIpc) is 3.29. The number of carbonyl (C=O) groups excluding carboxylic acids is 1. The van der Waals surface area contributed by atoms with E-state index in [0.29, 0.717) is 24.5 Å². The van der Waals surface area contributed by atoms with Crippen LogP contribution in [0.2, 0.25) is 0 Å². The second-order valence-corrected chi connectivity index (χ2v) is 7.57. The Bertz CT molecular complexity index is 1020. The predicted octanol–water partition coefficient (Wildman–Crippen LogP) is 2.89. The maximum atomic E-state index is 13.1. The van der Waals surface area contributed by atoms with Crippen LogP contribution in [0.25, 0.3) is 11.4 Å². The van der Waals surface area contributed by atoms with Crippen molar-refractivity contribution < 1.29 is 9.53 Å². The highest BCUT2D eigenvalue weighted by Crippen LogP contribution is 2.28. The molecule has 8 heteroatoms. The van der Waals surface area contributed by atoms with Crippen LogP contribution in [-0.2, 0) is 0 Å². The van der Waals surface area contributed by atoms with Crippen molar-refractivity contribution in [3.05, 3.63) is 54.1 Å². The van der Waals surface area contributed by atoms with Crippen LogP contribution in [0.4, 0.5) is 5.69 Å². The number of piperazine rings is 1. The third kappa shape index (κ3) is 3.85. The fourth-order valence-corrected chi connectivity index (χ4v) is 3.75. The Labute approximate surface area is 176 Å². The van der Waals surface area contributed by atoms with Gasteiger partial charge in [-0.05, 0) is 48.5 Å². The van der Waals surface area contributed by atoms with E-state index in [1.54, 1.807) is 11.8 Å². The summed E-state index contributed by atoms with van der Waals surface area (Å²) in [5.41, 5.74) is 2.55. The normalized spacial score (nSPS) is 14.3. The van der Waals surface area contributed by atoms with Crippen LogP contribution in [0.5, 0.6) is 5.75 Å². The lowest BCUT2D eigenvalue weighted by atomic mass is 10.1. The fraction of sp³-hybridized carbons (Fsp3) is 0.364. The monoisotopic (exact) mass is 406 g/mol. The van der Waals surface area contributed by atoms with Crippen molar-refractivity contribution in [1.29, 1.82) is 0 Å². The van der Waals surface area contributed by atoms with E-state index in [0.717, 1.165) is 30.1 Å². The minimum absolute atomic E-state index is 0.0279. The highest BCUT2D eigenvalue weighted by Gasteiger charge is 2.24. The highest BCUT2D eigenvalue weighted by molar-refractivity contribution is 5.95. The molecule has 1 saturated heterocycles. The van der Waals surface area contributed by atoms with Crippen molar-refractivity contribution in [3.63, 3.8) is 0 Å². The van der Waals surface area contributed by atoms with Crippen molar-refractivity contribution in [3.8, 4) is 17.1 Å². The number of carbonyl (C=O) groups is 1. The molecule has 1 aromatic heterocycles. The first kappa shape index (κ1) is 19.9. The summed E-state index contributed by atoms with van der Waals surface area (Å²) in [4.78, 5) is 17.3. The van der Waals surface area contributed by atoms with E-state index < -0.39 is 0 Å². The van der Waals surface area contributed by atoms with E-state index in [-0.39, 0.29) is 11.9 Å². The molecular weight excluding hydrogens is 380 g/mol. The average molecular weight is 406 g/mol. The Morgan fingerprint density at radius 2 is 1.80 bits per heavy atom. The lowest BCUT2D eigenvalue weighted by molar-refractivity contribution is 0.0746. The Hall–Kier alpha value is -3.42. The number of hydrogen-bond donors (Lipinski definition) is 0. The highest BCUT2D eigenvalue weighted by atomic mass is 16.5. The second kappa shape index (κ2) is 8.52. The minimum atomic E-state index is 0.0279. The SMILES string of the molecule is COc1ccccc1N1CCN(C(=O)c2cccc(-c3nnnn3C(C)C)c2)CC1. The molecule has 0 atom stereocenters. The van der Waals surface area contributed by atoms with Gasteiger partial charge in [0.15, 0.2) is 5.82 Å². The number of methoxy groups -OCH3 is 1. The number of benzene rings is 2. The standard InChI is InChI=1S/C22H26N6O2/c1-16(2)28-21(23-24-25-28)17-7-6-8-18(15-17)22(29)27-13-11-26(12-14-27)19-9-4-5-10-20(19)30-3/h4-10,15-16H,11-14H2,1-3H3. The molecule has 1 aliphatic heterocycles. The fourth-order valence-electron chi connectivity index (χ4n) is 3.75. The number of amides is 1. The van der Waals surface area contributed by atoms with Crippen LogP contribution >= 0.6 is 0 Å². The molecule has 0 unspecified atom stereocenters. The molecule has 156 valence electrons. The summed E-state index contributed by atoms with van der Waals surface area (Å²) in [6.45, 7) is 6.89. The Kier molecular flexibility index (Phi) is 5.65. The molecular formula is C22H26N6O2. The van der Waals surface area contributed by atoms with Crippen LogP contribution in [-0.4, -0.2) is 64.3 Å². The quantitative estimate of drug-likeness (QED) is 0.649. The number of para-hydroxylation sites is 2. The molecule has 0 spiro atoms. The van der Waals surface area contributed by atoms with Gasteiger partial charge in [0, 0.05) is 37.3 Å². The van der Waals surface area contributed by atoms with Gasteiger partial charge in [-0.2, -0.15) is 0 Å². The van der Waals surface area contributed by atoms with E-state index >= 15 is 0 Å². The van der Waals surface area contributed by atoms with Crippen LogP contribution in [0.3, 0.4) is 0 Å². The molecule has 8 nitrogen and oxygen atoms in total. The van der Waals surface area contributed by atoms with Crippen molar-refractivity contribution in [2.45, 2.75) is 19.9 Å². The largest absolute Gasteiger partial charge is 0.495 e. The van der Waals surface area contributed by atoms with Crippen molar-refractivity contribution in [1.82, 2.24) is 25.1 Å². The van der Waals surface area contributed by atoms with E-state index in [9.17, 15) is 4.79 Å². The summed E-state index contributed by atoms with van der Waals surface area (Å²) < 4.78 is 7.24. The third-order valence-electron chi connectivity index (χ3n) is 5.34. The molecule has 3 aromatic rings. The number of aromatic nitrogens is 4. The van der Waals surface area contributed by atoms with Gasteiger partial charge >= 0.3 is 0 Å². The van der Waals surface area contributed by atoms with Gasteiger partial charge in [0.2, 0.25) is 0 Å². The third-order valence-corrected chi connectivity index (χ3v) is 5.34. The summed E-state index contributed by atoms with van der Waals surface area (Å²) in [6, 6.07) is 15.7. The van der Waals surface area contributed by atoms with Gasteiger partial charge in [-0.15, -0.1) is 5.10 Å². The molecule has 1 aliphatic rings. The minimum Gasteiger partial charge on any atom is -0.495 e. The Balaban J connectivity index is 1.48. The molecule has 0 N–H and O–H groups in total. The summed E-state index contributed by atoms with van der Waals surface area (Å²) in [5, 5.41) is 12.0. The maximum absolute atomic E-state index is 13.1. The number of nitrogens with zero attached hydrogens (tertiary/aromatic N) is 6. The molecule has 2 aromatic carbocycles.